The van der Waals surface area contributed by atoms with Crippen LogP contribution < -0.4 is 4.74 Å². The molecule has 1 aliphatic rings. The molecule has 21 heavy (non-hydrogen) atoms. The van der Waals surface area contributed by atoms with E-state index < -0.39 is 0 Å². The molecule has 2 nitrogen and oxygen atoms in total. The van der Waals surface area contributed by atoms with E-state index in [9.17, 15) is 5.11 Å². The van der Waals surface area contributed by atoms with Gasteiger partial charge in [0.25, 0.3) is 0 Å². The zero-order valence-electron chi connectivity index (χ0n) is 14.1. The van der Waals surface area contributed by atoms with E-state index >= 15 is 0 Å². The van der Waals surface area contributed by atoms with Crippen LogP contribution in [0, 0.1) is 24.2 Å². The number of benzene rings is 1. The van der Waals surface area contributed by atoms with Crippen molar-refractivity contribution in [3.63, 3.8) is 0 Å². The molecule has 0 aliphatic heterocycles. The largest absolute Gasteiger partial charge is 0.496 e. The molecule has 1 aromatic rings. The molecule has 0 saturated heterocycles. The SMILES string of the molecule is COc1ccc(C)cc1CC(C)(C)C1CCC(C)CC1O. The summed E-state index contributed by atoms with van der Waals surface area (Å²) in [4.78, 5) is 0. The van der Waals surface area contributed by atoms with Crippen LogP contribution in [0.15, 0.2) is 18.2 Å². The zero-order valence-corrected chi connectivity index (χ0v) is 14.1. The van der Waals surface area contributed by atoms with Gasteiger partial charge < -0.3 is 9.84 Å². The summed E-state index contributed by atoms with van der Waals surface area (Å²) in [5.74, 6) is 1.99. The number of hydrogen-bond acceptors (Lipinski definition) is 2. The molecule has 2 rings (SSSR count). The van der Waals surface area contributed by atoms with Gasteiger partial charge in [0.15, 0.2) is 0 Å². The Labute approximate surface area is 129 Å². The van der Waals surface area contributed by atoms with Crippen LogP contribution in [0.3, 0.4) is 0 Å². The Morgan fingerprint density at radius 2 is 2.00 bits per heavy atom. The number of rotatable bonds is 4. The van der Waals surface area contributed by atoms with Gasteiger partial charge in [-0.05, 0) is 55.1 Å². The molecular formula is C19H30O2. The minimum Gasteiger partial charge on any atom is -0.496 e. The van der Waals surface area contributed by atoms with Crippen molar-refractivity contribution < 1.29 is 9.84 Å². The van der Waals surface area contributed by atoms with Crippen molar-refractivity contribution in [2.45, 2.75) is 59.5 Å². The zero-order chi connectivity index (χ0) is 15.6. The molecule has 1 N–H and O–H groups in total. The highest BCUT2D eigenvalue weighted by Crippen LogP contribution is 2.43. The van der Waals surface area contributed by atoms with Crippen LogP contribution in [-0.4, -0.2) is 18.3 Å². The molecule has 0 spiro atoms. The molecule has 0 aromatic heterocycles. The average molecular weight is 290 g/mol. The number of aliphatic hydroxyl groups excluding tert-OH is 1. The normalized spacial score (nSPS) is 26.7. The quantitative estimate of drug-likeness (QED) is 0.892. The Morgan fingerprint density at radius 3 is 2.62 bits per heavy atom. The summed E-state index contributed by atoms with van der Waals surface area (Å²) in [5.41, 5.74) is 2.61. The monoisotopic (exact) mass is 290 g/mol. The minimum atomic E-state index is -0.167. The third kappa shape index (κ3) is 3.79. The van der Waals surface area contributed by atoms with Gasteiger partial charge in [-0.1, -0.05) is 44.9 Å². The Bertz CT molecular complexity index is 478. The lowest BCUT2D eigenvalue weighted by Crippen LogP contribution is -2.39. The summed E-state index contributed by atoms with van der Waals surface area (Å²) in [6.45, 7) is 8.94. The summed E-state index contributed by atoms with van der Waals surface area (Å²) in [7, 11) is 1.73. The lowest BCUT2D eigenvalue weighted by Gasteiger charge is -2.42. The van der Waals surface area contributed by atoms with Crippen LogP contribution >= 0.6 is 0 Å². The van der Waals surface area contributed by atoms with Crippen LogP contribution in [-0.2, 0) is 6.42 Å². The Morgan fingerprint density at radius 1 is 1.29 bits per heavy atom. The highest BCUT2D eigenvalue weighted by Gasteiger charge is 2.38. The number of methoxy groups -OCH3 is 1. The highest BCUT2D eigenvalue weighted by atomic mass is 16.5. The smallest absolute Gasteiger partial charge is 0.122 e. The van der Waals surface area contributed by atoms with E-state index in [-0.39, 0.29) is 11.5 Å². The van der Waals surface area contributed by atoms with Crippen LogP contribution in [0.2, 0.25) is 0 Å². The summed E-state index contributed by atoms with van der Waals surface area (Å²) in [6.07, 6.45) is 4.09. The second-order valence-corrected chi connectivity index (χ2v) is 7.57. The highest BCUT2D eigenvalue weighted by molar-refractivity contribution is 5.37. The minimum absolute atomic E-state index is 0.0840. The Kier molecular flexibility index (Phi) is 4.98. The number of ether oxygens (including phenoxy) is 1. The maximum absolute atomic E-state index is 10.5. The average Bonchev–Trinajstić information content (AvgIpc) is 2.37. The standard InChI is InChI=1S/C19H30O2/c1-13-7-9-18(21-5)15(10-13)12-19(3,4)16-8-6-14(2)11-17(16)20/h7,9-10,14,16-17,20H,6,8,11-12H2,1-5H3. The first kappa shape index (κ1) is 16.4. The maximum atomic E-state index is 10.5. The van der Waals surface area contributed by atoms with Crippen molar-refractivity contribution in [3.05, 3.63) is 29.3 Å². The van der Waals surface area contributed by atoms with Gasteiger partial charge in [-0.3, -0.25) is 0 Å². The molecule has 118 valence electrons. The first-order valence-corrected chi connectivity index (χ1v) is 8.15. The predicted molar refractivity (Wildman–Crippen MR) is 87.7 cm³/mol. The van der Waals surface area contributed by atoms with E-state index in [2.05, 4.69) is 45.9 Å². The van der Waals surface area contributed by atoms with E-state index in [1.807, 2.05) is 0 Å². The molecule has 1 aromatic carbocycles. The summed E-state index contributed by atoms with van der Waals surface area (Å²) >= 11 is 0. The predicted octanol–water partition coefficient (Wildman–Crippen LogP) is 4.37. The van der Waals surface area contributed by atoms with E-state index in [0.717, 1.165) is 25.0 Å². The molecule has 1 fully saturated rings. The molecule has 0 amide bonds. The van der Waals surface area contributed by atoms with Crippen molar-refractivity contribution in [1.82, 2.24) is 0 Å². The topological polar surface area (TPSA) is 29.5 Å². The molecule has 1 aliphatic carbocycles. The second-order valence-electron chi connectivity index (χ2n) is 7.57. The van der Waals surface area contributed by atoms with E-state index in [1.54, 1.807) is 7.11 Å². The van der Waals surface area contributed by atoms with Crippen LogP contribution in [0.4, 0.5) is 0 Å². The number of hydrogen-bond donors (Lipinski definition) is 1. The lowest BCUT2D eigenvalue weighted by atomic mass is 9.65. The van der Waals surface area contributed by atoms with Crippen LogP contribution in [0.25, 0.3) is 0 Å². The molecule has 3 atom stereocenters. The van der Waals surface area contributed by atoms with Crippen molar-refractivity contribution >= 4 is 0 Å². The number of aliphatic hydroxyl groups is 1. The van der Waals surface area contributed by atoms with Crippen molar-refractivity contribution in [1.29, 1.82) is 0 Å². The van der Waals surface area contributed by atoms with Crippen molar-refractivity contribution in [2.24, 2.45) is 17.3 Å². The van der Waals surface area contributed by atoms with Gasteiger partial charge in [0.2, 0.25) is 0 Å². The van der Waals surface area contributed by atoms with E-state index in [0.29, 0.717) is 11.8 Å². The van der Waals surface area contributed by atoms with Crippen molar-refractivity contribution in [2.75, 3.05) is 7.11 Å². The first-order chi connectivity index (χ1) is 9.83. The number of aryl methyl sites for hydroxylation is 1. The first-order valence-electron chi connectivity index (χ1n) is 8.15. The molecule has 0 bridgehead atoms. The third-order valence-corrected chi connectivity index (χ3v) is 5.16. The molecule has 3 unspecified atom stereocenters. The van der Waals surface area contributed by atoms with Gasteiger partial charge in [-0.15, -0.1) is 0 Å². The molecule has 2 heteroatoms. The van der Waals surface area contributed by atoms with E-state index in [4.69, 9.17) is 4.74 Å². The summed E-state index contributed by atoms with van der Waals surface area (Å²) in [6, 6.07) is 6.37. The van der Waals surface area contributed by atoms with Gasteiger partial charge in [-0.2, -0.15) is 0 Å². The molecule has 1 saturated carbocycles. The molecule has 0 radical (unpaired) electrons. The Balaban J connectivity index is 2.19. The van der Waals surface area contributed by atoms with Crippen LogP contribution in [0.5, 0.6) is 5.75 Å². The van der Waals surface area contributed by atoms with Gasteiger partial charge in [0, 0.05) is 0 Å². The Hall–Kier alpha value is -1.02. The van der Waals surface area contributed by atoms with Gasteiger partial charge in [-0.25, -0.2) is 0 Å². The molecule has 0 heterocycles. The van der Waals surface area contributed by atoms with E-state index in [1.165, 1.54) is 17.5 Å². The fraction of sp³-hybridized carbons (Fsp3) is 0.684. The third-order valence-electron chi connectivity index (χ3n) is 5.16. The van der Waals surface area contributed by atoms with Gasteiger partial charge >= 0.3 is 0 Å². The van der Waals surface area contributed by atoms with Gasteiger partial charge in [0.05, 0.1) is 13.2 Å². The fourth-order valence-electron chi connectivity index (χ4n) is 3.93. The lowest BCUT2D eigenvalue weighted by molar-refractivity contribution is -0.0127. The van der Waals surface area contributed by atoms with Gasteiger partial charge in [0.1, 0.15) is 5.75 Å². The summed E-state index contributed by atoms with van der Waals surface area (Å²) < 4.78 is 5.51. The maximum Gasteiger partial charge on any atom is 0.122 e. The molecular weight excluding hydrogens is 260 g/mol. The van der Waals surface area contributed by atoms with Crippen molar-refractivity contribution in [3.8, 4) is 5.75 Å². The fourth-order valence-corrected chi connectivity index (χ4v) is 3.93. The summed E-state index contributed by atoms with van der Waals surface area (Å²) in [5, 5.41) is 10.5. The second kappa shape index (κ2) is 6.39. The van der Waals surface area contributed by atoms with Crippen LogP contribution in [0.1, 0.15) is 51.2 Å².